The second kappa shape index (κ2) is 11.2. The van der Waals surface area contributed by atoms with Gasteiger partial charge in [-0.2, -0.15) is 5.26 Å². The van der Waals surface area contributed by atoms with Crippen molar-refractivity contribution in [2.24, 2.45) is 0 Å². The minimum atomic E-state index is -1.34. The van der Waals surface area contributed by atoms with Gasteiger partial charge >= 0.3 is 12.1 Å². The van der Waals surface area contributed by atoms with Crippen LogP contribution in [-0.4, -0.2) is 48.4 Å². The van der Waals surface area contributed by atoms with Crippen LogP contribution < -0.4 is 20.7 Å². The lowest BCUT2D eigenvalue weighted by Gasteiger charge is -2.15. The van der Waals surface area contributed by atoms with Crippen LogP contribution in [0.4, 0.5) is 21.9 Å². The molecule has 13 nitrogen and oxygen atoms in total. The number of benzene rings is 3. The van der Waals surface area contributed by atoms with Gasteiger partial charge < -0.3 is 29.7 Å². The Morgan fingerprint density at radius 1 is 0.950 bits per heavy atom. The molecule has 1 heterocycles. The second-order valence-electron chi connectivity index (χ2n) is 8.27. The van der Waals surface area contributed by atoms with E-state index in [1.807, 2.05) is 6.07 Å². The van der Waals surface area contributed by atoms with Crippen LogP contribution >= 0.6 is 0 Å². The van der Waals surface area contributed by atoms with Crippen LogP contribution in [-0.2, 0) is 9.53 Å². The van der Waals surface area contributed by atoms with Gasteiger partial charge in [0.25, 0.3) is 5.91 Å². The molecule has 3 aromatic carbocycles. The zero-order valence-electron chi connectivity index (χ0n) is 21.3. The van der Waals surface area contributed by atoms with Gasteiger partial charge in [0.15, 0.2) is 11.3 Å². The second-order valence-corrected chi connectivity index (χ2v) is 8.27. The number of ether oxygens (including phenoxy) is 2. The number of fused-ring (bicyclic) bond motifs is 1. The van der Waals surface area contributed by atoms with Crippen LogP contribution in [0.5, 0.6) is 5.75 Å². The maximum Gasteiger partial charge on any atom is 0.411 e. The van der Waals surface area contributed by atoms with Crippen LogP contribution in [0.25, 0.3) is 22.1 Å². The third-order valence-corrected chi connectivity index (χ3v) is 5.68. The molecule has 0 spiro atoms. The number of hydrogen-bond acceptors (Lipinski definition) is 9. The van der Waals surface area contributed by atoms with Gasteiger partial charge in [-0.3, -0.25) is 14.9 Å². The zero-order valence-corrected chi connectivity index (χ0v) is 21.3. The van der Waals surface area contributed by atoms with Crippen molar-refractivity contribution >= 4 is 51.9 Å². The van der Waals surface area contributed by atoms with Crippen molar-refractivity contribution in [2.75, 3.05) is 30.2 Å². The number of carboxylic acid groups (broad SMARTS) is 1. The summed E-state index contributed by atoms with van der Waals surface area (Å²) in [5, 5.41) is 30.5. The fourth-order valence-electron chi connectivity index (χ4n) is 3.91. The van der Waals surface area contributed by atoms with Crippen molar-refractivity contribution in [1.29, 1.82) is 5.26 Å². The first-order valence-electron chi connectivity index (χ1n) is 11.5. The number of nitrogens with zero attached hydrogens (tertiary/aromatic N) is 2. The van der Waals surface area contributed by atoms with Crippen LogP contribution in [0.15, 0.2) is 53.1 Å². The van der Waals surface area contributed by atoms with Crippen molar-refractivity contribution in [3.8, 4) is 22.9 Å². The van der Waals surface area contributed by atoms with Crippen molar-refractivity contribution in [3.05, 3.63) is 65.4 Å². The summed E-state index contributed by atoms with van der Waals surface area (Å²) >= 11 is 0. The van der Waals surface area contributed by atoms with E-state index in [0.29, 0.717) is 28.3 Å². The lowest BCUT2D eigenvalue weighted by Crippen LogP contribution is -2.15. The van der Waals surface area contributed by atoms with Gasteiger partial charge in [0, 0.05) is 29.8 Å². The predicted molar refractivity (Wildman–Crippen MR) is 142 cm³/mol. The first-order valence-corrected chi connectivity index (χ1v) is 11.5. The highest BCUT2D eigenvalue weighted by Crippen LogP contribution is 2.40. The summed E-state index contributed by atoms with van der Waals surface area (Å²) in [5.74, 6) is -2.13. The lowest BCUT2D eigenvalue weighted by atomic mass is 9.99. The Labute approximate surface area is 226 Å². The third kappa shape index (κ3) is 5.50. The number of nitriles is 1. The first-order chi connectivity index (χ1) is 19.1. The van der Waals surface area contributed by atoms with Gasteiger partial charge in [-0.15, -0.1) is 0 Å². The number of rotatable bonds is 7. The van der Waals surface area contributed by atoms with E-state index in [2.05, 4.69) is 25.8 Å². The average molecular weight is 543 g/mol. The summed E-state index contributed by atoms with van der Waals surface area (Å²) in [4.78, 5) is 48.7. The quantitative estimate of drug-likeness (QED) is 0.258. The molecule has 0 radical (unpaired) electrons. The normalized spacial score (nSPS) is 10.3. The number of amides is 3. The molecule has 0 aliphatic rings. The van der Waals surface area contributed by atoms with E-state index in [1.165, 1.54) is 39.3 Å². The van der Waals surface area contributed by atoms with Crippen LogP contribution in [0, 0.1) is 11.3 Å². The topological polar surface area (TPSA) is 193 Å². The molecule has 0 saturated heterocycles. The van der Waals surface area contributed by atoms with Crippen molar-refractivity contribution in [2.45, 2.75) is 6.92 Å². The Morgan fingerprint density at radius 2 is 1.73 bits per heavy atom. The maximum atomic E-state index is 13.2. The number of methoxy groups -OCH3 is 2. The Bertz CT molecular complexity index is 1720. The molecular formula is C27H21N5O8. The molecule has 0 bridgehead atoms. The third-order valence-electron chi connectivity index (χ3n) is 5.68. The molecule has 0 aliphatic carbocycles. The fraction of sp³-hybridized carbons (Fsp3) is 0.111. The van der Waals surface area contributed by atoms with Crippen LogP contribution in [0.1, 0.15) is 33.3 Å². The molecule has 202 valence electrons. The largest absolute Gasteiger partial charge is 0.496 e. The van der Waals surface area contributed by atoms with E-state index >= 15 is 0 Å². The number of anilines is 3. The van der Waals surface area contributed by atoms with E-state index in [4.69, 9.17) is 14.5 Å². The molecule has 4 aromatic rings. The Morgan fingerprint density at radius 3 is 2.38 bits per heavy atom. The van der Waals surface area contributed by atoms with Crippen LogP contribution in [0.2, 0.25) is 0 Å². The summed E-state index contributed by atoms with van der Waals surface area (Å²) < 4.78 is 15.5. The van der Waals surface area contributed by atoms with Crippen molar-refractivity contribution in [1.82, 2.24) is 5.16 Å². The fourth-order valence-corrected chi connectivity index (χ4v) is 3.91. The van der Waals surface area contributed by atoms with Gasteiger partial charge in [0.1, 0.15) is 5.75 Å². The van der Waals surface area contributed by atoms with E-state index in [-0.39, 0.29) is 39.4 Å². The molecule has 0 unspecified atom stereocenters. The van der Waals surface area contributed by atoms with E-state index in [9.17, 15) is 24.3 Å². The van der Waals surface area contributed by atoms with Gasteiger partial charge in [-0.1, -0.05) is 5.16 Å². The highest BCUT2D eigenvalue weighted by Gasteiger charge is 2.23. The monoisotopic (exact) mass is 543 g/mol. The number of aromatic carboxylic acids is 1. The average Bonchev–Trinajstić information content (AvgIpc) is 3.35. The van der Waals surface area contributed by atoms with E-state index in [0.717, 1.165) is 6.07 Å². The highest BCUT2D eigenvalue weighted by atomic mass is 16.5. The summed E-state index contributed by atoms with van der Waals surface area (Å²) in [5.41, 5.74) is 1.26. The lowest BCUT2D eigenvalue weighted by molar-refractivity contribution is -0.114. The minimum Gasteiger partial charge on any atom is -0.496 e. The number of carbonyl (C=O) groups excluding carboxylic acids is 3. The molecule has 1 aromatic heterocycles. The summed E-state index contributed by atoms with van der Waals surface area (Å²) in [7, 11) is 2.66. The Kier molecular flexibility index (Phi) is 7.62. The summed E-state index contributed by atoms with van der Waals surface area (Å²) in [6, 6.07) is 13.4. The SMILES string of the molecule is COC(=O)Nc1ccc(OC)c(-c2cc3c(C(=O)Nc4ccc(C#N)cc4C(=O)O)noc3cc2NC(C)=O)c1. The molecule has 40 heavy (non-hydrogen) atoms. The highest BCUT2D eigenvalue weighted by molar-refractivity contribution is 6.14. The van der Waals surface area contributed by atoms with Gasteiger partial charge in [0.2, 0.25) is 5.91 Å². The number of hydrogen-bond donors (Lipinski definition) is 4. The predicted octanol–water partition coefficient (Wildman–Crippen LogP) is 4.46. The van der Waals surface area contributed by atoms with Gasteiger partial charge in [-0.05, 0) is 42.5 Å². The van der Waals surface area contributed by atoms with Crippen molar-refractivity contribution in [3.63, 3.8) is 0 Å². The van der Waals surface area contributed by atoms with Gasteiger partial charge in [-0.25, -0.2) is 9.59 Å². The number of aromatic nitrogens is 1. The minimum absolute atomic E-state index is 0.0500. The van der Waals surface area contributed by atoms with E-state index < -0.39 is 18.0 Å². The Hall–Kier alpha value is -5.90. The maximum absolute atomic E-state index is 13.2. The van der Waals surface area contributed by atoms with Crippen molar-refractivity contribution < 1.29 is 38.3 Å². The van der Waals surface area contributed by atoms with E-state index in [1.54, 1.807) is 24.3 Å². The molecule has 4 rings (SSSR count). The first kappa shape index (κ1) is 27.1. The molecule has 13 heteroatoms. The number of nitrogens with one attached hydrogen (secondary N) is 3. The molecular weight excluding hydrogens is 522 g/mol. The van der Waals surface area contributed by atoms with Crippen LogP contribution in [0.3, 0.4) is 0 Å². The Balaban J connectivity index is 1.84. The summed E-state index contributed by atoms with van der Waals surface area (Å²) in [6.45, 7) is 1.32. The number of carbonyl (C=O) groups is 4. The molecule has 4 N–H and O–H groups in total. The smallest absolute Gasteiger partial charge is 0.411 e. The molecule has 3 amide bonds. The standard InChI is InChI=1S/C27H21N5O8/c1-13(33)29-21-11-23-19(10-16(21)17-9-15(30-27(37)39-3)5-7-22(17)38-2)24(32-40-23)25(34)31-20-6-4-14(12-28)8-18(20)26(35)36/h4-11H,1-3H3,(H,29,33)(H,30,37)(H,31,34)(H,35,36). The molecule has 0 saturated carbocycles. The molecule has 0 fully saturated rings. The zero-order chi connectivity index (χ0) is 29.0. The molecule has 0 atom stereocenters. The van der Waals surface area contributed by atoms with Gasteiger partial charge in [0.05, 0.1) is 48.2 Å². The summed E-state index contributed by atoms with van der Waals surface area (Å²) in [6.07, 6.45) is -0.699. The number of carboxylic acids is 1. The molecule has 0 aliphatic heterocycles.